The molecule has 0 atom stereocenters. The normalized spacial score (nSPS) is 25.8. The second-order valence-corrected chi connectivity index (χ2v) is 4.77. The average molecular weight is 214 g/mol. The highest BCUT2D eigenvalue weighted by Crippen LogP contribution is 2.34. The molecule has 3 nitrogen and oxygen atoms in total. The summed E-state index contributed by atoms with van der Waals surface area (Å²) in [5.41, 5.74) is 0. The van der Waals surface area contributed by atoms with Crippen molar-refractivity contribution in [1.82, 2.24) is 5.01 Å². The van der Waals surface area contributed by atoms with Gasteiger partial charge in [0.2, 0.25) is 0 Å². The zero-order valence-electron chi connectivity index (χ0n) is 9.99. The van der Waals surface area contributed by atoms with Crippen molar-refractivity contribution in [3.8, 4) is 0 Å². The van der Waals surface area contributed by atoms with Gasteiger partial charge < -0.3 is 5.11 Å². The summed E-state index contributed by atoms with van der Waals surface area (Å²) >= 11 is 0. The molecular formula is C12H26N2O. The topological polar surface area (TPSA) is 49.5 Å². The molecule has 1 saturated carbocycles. The zero-order chi connectivity index (χ0) is 11.1. The van der Waals surface area contributed by atoms with Gasteiger partial charge in [0.05, 0.1) is 0 Å². The van der Waals surface area contributed by atoms with Crippen molar-refractivity contribution in [3.63, 3.8) is 0 Å². The summed E-state index contributed by atoms with van der Waals surface area (Å²) in [6, 6.07) is 0. The Labute approximate surface area is 93.6 Å². The van der Waals surface area contributed by atoms with Crippen molar-refractivity contribution in [1.29, 1.82) is 0 Å². The number of nitrogens with two attached hydrogens (primary N) is 1. The van der Waals surface area contributed by atoms with Gasteiger partial charge in [-0.1, -0.05) is 32.1 Å². The molecule has 2 rings (SSSR count). The second-order valence-electron chi connectivity index (χ2n) is 4.77. The molecule has 0 radical (unpaired) electrons. The van der Waals surface area contributed by atoms with E-state index in [0.717, 1.165) is 32.0 Å². The minimum absolute atomic E-state index is 1.00. The van der Waals surface area contributed by atoms with Gasteiger partial charge in [-0.05, 0) is 24.7 Å². The van der Waals surface area contributed by atoms with Crippen molar-refractivity contribution in [2.75, 3.05) is 20.2 Å². The van der Waals surface area contributed by atoms with Gasteiger partial charge in [0.15, 0.2) is 0 Å². The van der Waals surface area contributed by atoms with Crippen LogP contribution in [-0.4, -0.2) is 30.3 Å². The molecule has 15 heavy (non-hydrogen) atoms. The standard InChI is InChI=1S/C11H22N2.CH4O/c12-13-8-6-11(7-9-13)10-4-2-1-3-5-10;1-2/h10-11H,1-9,12H2;2H,1H3. The lowest BCUT2D eigenvalue weighted by Gasteiger charge is -2.35. The Kier molecular flexibility index (Phi) is 6.22. The van der Waals surface area contributed by atoms with Crippen LogP contribution in [0, 0.1) is 11.8 Å². The lowest BCUT2D eigenvalue weighted by molar-refractivity contribution is 0.128. The minimum Gasteiger partial charge on any atom is -0.400 e. The summed E-state index contributed by atoms with van der Waals surface area (Å²) in [6.07, 6.45) is 10.1. The molecule has 0 aromatic heterocycles. The predicted octanol–water partition coefficient (Wildman–Crippen LogP) is 1.76. The second kappa shape index (κ2) is 7.20. The maximum absolute atomic E-state index is 7.00. The molecule has 0 aromatic rings. The van der Waals surface area contributed by atoms with E-state index in [0.29, 0.717) is 0 Å². The van der Waals surface area contributed by atoms with Gasteiger partial charge in [0, 0.05) is 20.2 Å². The fourth-order valence-corrected chi connectivity index (χ4v) is 3.00. The number of rotatable bonds is 1. The van der Waals surface area contributed by atoms with Gasteiger partial charge in [-0.2, -0.15) is 0 Å². The molecular weight excluding hydrogens is 188 g/mol. The summed E-state index contributed by atoms with van der Waals surface area (Å²) in [4.78, 5) is 0. The molecule has 0 unspecified atom stereocenters. The summed E-state index contributed by atoms with van der Waals surface area (Å²) in [6.45, 7) is 2.25. The maximum Gasteiger partial charge on any atom is 0.0319 e. The third kappa shape index (κ3) is 4.09. The number of aliphatic hydroxyl groups excluding tert-OH is 1. The highest BCUT2D eigenvalue weighted by atomic mass is 16.2. The molecule has 1 aliphatic carbocycles. The van der Waals surface area contributed by atoms with Crippen LogP contribution in [-0.2, 0) is 0 Å². The van der Waals surface area contributed by atoms with Crippen molar-refractivity contribution >= 4 is 0 Å². The fraction of sp³-hybridized carbons (Fsp3) is 1.00. The highest BCUT2D eigenvalue weighted by molar-refractivity contribution is 4.78. The third-order valence-electron chi connectivity index (χ3n) is 3.89. The number of hydrogen-bond acceptors (Lipinski definition) is 3. The van der Waals surface area contributed by atoms with Crippen LogP contribution in [0.1, 0.15) is 44.9 Å². The molecule has 0 bridgehead atoms. The smallest absolute Gasteiger partial charge is 0.0319 e. The van der Waals surface area contributed by atoms with E-state index in [-0.39, 0.29) is 0 Å². The van der Waals surface area contributed by atoms with Crippen molar-refractivity contribution in [3.05, 3.63) is 0 Å². The van der Waals surface area contributed by atoms with E-state index in [1.165, 1.54) is 44.9 Å². The Morgan fingerprint density at radius 1 is 0.867 bits per heavy atom. The lowest BCUT2D eigenvalue weighted by atomic mass is 9.76. The third-order valence-corrected chi connectivity index (χ3v) is 3.89. The summed E-state index contributed by atoms with van der Waals surface area (Å²) < 4.78 is 0. The highest BCUT2D eigenvalue weighted by Gasteiger charge is 2.26. The molecule has 0 aromatic carbocycles. The van der Waals surface area contributed by atoms with Gasteiger partial charge in [0.25, 0.3) is 0 Å². The van der Waals surface area contributed by atoms with Crippen LogP contribution in [0.5, 0.6) is 0 Å². The number of aliphatic hydroxyl groups is 1. The van der Waals surface area contributed by atoms with Crippen LogP contribution in [0.15, 0.2) is 0 Å². The number of hydrazine groups is 1. The van der Waals surface area contributed by atoms with Crippen molar-refractivity contribution < 1.29 is 5.11 Å². The van der Waals surface area contributed by atoms with Crippen LogP contribution < -0.4 is 5.84 Å². The Bertz CT molecular complexity index is 150. The molecule has 0 amide bonds. The maximum atomic E-state index is 7.00. The summed E-state index contributed by atoms with van der Waals surface area (Å²) in [5, 5.41) is 8.99. The Hall–Kier alpha value is -0.120. The average Bonchev–Trinajstić information content (AvgIpc) is 2.34. The molecule has 1 saturated heterocycles. The van der Waals surface area contributed by atoms with Gasteiger partial charge in [-0.25, -0.2) is 5.01 Å². The molecule has 2 aliphatic rings. The summed E-state index contributed by atoms with van der Waals surface area (Å²) in [5.74, 6) is 7.80. The van der Waals surface area contributed by atoms with Crippen LogP contribution >= 0.6 is 0 Å². The van der Waals surface area contributed by atoms with Gasteiger partial charge in [0.1, 0.15) is 0 Å². The van der Waals surface area contributed by atoms with E-state index in [2.05, 4.69) is 0 Å². The number of nitrogens with zero attached hydrogens (tertiary/aromatic N) is 1. The van der Waals surface area contributed by atoms with Crippen molar-refractivity contribution in [2.24, 2.45) is 17.7 Å². The molecule has 0 spiro atoms. The Balaban J connectivity index is 0.000000531. The largest absolute Gasteiger partial charge is 0.400 e. The SMILES string of the molecule is CO.NN1CCC(C2CCCCC2)CC1. The van der Waals surface area contributed by atoms with E-state index in [1.807, 2.05) is 5.01 Å². The van der Waals surface area contributed by atoms with Crippen LogP contribution in [0.2, 0.25) is 0 Å². The van der Waals surface area contributed by atoms with E-state index in [1.54, 1.807) is 0 Å². The first-order chi connectivity index (χ1) is 7.36. The number of hydrogen-bond donors (Lipinski definition) is 2. The molecule has 1 heterocycles. The summed E-state index contributed by atoms with van der Waals surface area (Å²) in [7, 11) is 1.00. The van der Waals surface area contributed by atoms with Crippen molar-refractivity contribution in [2.45, 2.75) is 44.9 Å². The zero-order valence-corrected chi connectivity index (χ0v) is 9.99. The van der Waals surface area contributed by atoms with E-state index >= 15 is 0 Å². The first-order valence-electron chi connectivity index (χ1n) is 6.30. The molecule has 1 aliphatic heterocycles. The first-order valence-corrected chi connectivity index (χ1v) is 6.30. The van der Waals surface area contributed by atoms with Crippen LogP contribution in [0.25, 0.3) is 0 Å². The molecule has 3 heteroatoms. The van der Waals surface area contributed by atoms with E-state index in [4.69, 9.17) is 10.9 Å². The first kappa shape index (κ1) is 12.9. The molecule has 3 N–H and O–H groups in total. The van der Waals surface area contributed by atoms with Gasteiger partial charge >= 0.3 is 0 Å². The van der Waals surface area contributed by atoms with Crippen LogP contribution in [0.3, 0.4) is 0 Å². The Morgan fingerprint density at radius 2 is 1.33 bits per heavy atom. The minimum atomic E-state index is 1.00. The predicted molar refractivity (Wildman–Crippen MR) is 63.2 cm³/mol. The van der Waals surface area contributed by atoms with Gasteiger partial charge in [-0.15, -0.1) is 0 Å². The fourth-order valence-electron chi connectivity index (χ4n) is 3.00. The quantitative estimate of drug-likeness (QED) is 0.654. The number of piperidine rings is 1. The van der Waals surface area contributed by atoms with E-state index < -0.39 is 0 Å². The molecule has 90 valence electrons. The van der Waals surface area contributed by atoms with Gasteiger partial charge in [-0.3, -0.25) is 5.84 Å². The Morgan fingerprint density at radius 3 is 1.87 bits per heavy atom. The monoisotopic (exact) mass is 214 g/mol. The van der Waals surface area contributed by atoms with Crippen LogP contribution in [0.4, 0.5) is 0 Å². The lowest BCUT2D eigenvalue weighted by Crippen LogP contribution is -2.40. The molecule has 2 fully saturated rings. The van der Waals surface area contributed by atoms with E-state index in [9.17, 15) is 0 Å².